The van der Waals surface area contributed by atoms with Crippen LogP contribution in [0, 0.1) is 0 Å². The van der Waals surface area contributed by atoms with Gasteiger partial charge in [-0.15, -0.1) is 12.4 Å². The second-order valence-electron chi connectivity index (χ2n) is 6.55. The van der Waals surface area contributed by atoms with E-state index in [9.17, 15) is 13.5 Å². The lowest BCUT2D eigenvalue weighted by Crippen LogP contribution is -2.31. The maximum Gasteiger partial charge on any atom is 0.229 e. The standard InChI is InChI=1S/C20H28N2O5S.ClH/c1-26-12-11-16-5-9-20(10-6-16)27-15-19(23)14-21-13-17-3-7-18(8-4-17)22-28(2,24)25;/h3-10,19,21-23H,11-15H2,1-2H3;1H. The minimum atomic E-state index is -3.27. The Balaban J connectivity index is 0.00000420. The number of nitrogens with one attached hydrogen (secondary N) is 2. The Kier molecular flexibility index (Phi) is 11.0. The summed E-state index contributed by atoms with van der Waals surface area (Å²) < 4.78 is 35.4. The molecule has 1 atom stereocenters. The molecule has 1 unspecified atom stereocenters. The number of benzene rings is 2. The van der Waals surface area contributed by atoms with Crippen molar-refractivity contribution in [3.8, 4) is 5.75 Å². The van der Waals surface area contributed by atoms with Crippen LogP contribution in [0.4, 0.5) is 5.69 Å². The van der Waals surface area contributed by atoms with Crippen molar-refractivity contribution < 1.29 is 23.0 Å². The Labute approximate surface area is 178 Å². The van der Waals surface area contributed by atoms with Crippen LogP contribution in [0.15, 0.2) is 48.5 Å². The highest BCUT2D eigenvalue weighted by Crippen LogP contribution is 2.13. The van der Waals surface area contributed by atoms with Crippen LogP contribution in [0.25, 0.3) is 0 Å². The molecule has 0 saturated heterocycles. The largest absolute Gasteiger partial charge is 0.491 e. The average Bonchev–Trinajstić information content (AvgIpc) is 2.66. The van der Waals surface area contributed by atoms with Gasteiger partial charge in [-0.05, 0) is 41.8 Å². The first-order chi connectivity index (χ1) is 13.4. The molecule has 2 aromatic rings. The third-order valence-corrected chi connectivity index (χ3v) is 4.53. The maximum absolute atomic E-state index is 11.2. The summed E-state index contributed by atoms with van der Waals surface area (Å²) >= 11 is 0. The molecule has 162 valence electrons. The molecule has 29 heavy (non-hydrogen) atoms. The first-order valence-electron chi connectivity index (χ1n) is 9.02. The van der Waals surface area contributed by atoms with Crippen LogP contribution in [0.1, 0.15) is 11.1 Å². The quantitative estimate of drug-likeness (QED) is 0.464. The van der Waals surface area contributed by atoms with Gasteiger partial charge in [-0.25, -0.2) is 8.42 Å². The van der Waals surface area contributed by atoms with Crippen molar-refractivity contribution in [1.29, 1.82) is 0 Å². The Bertz CT molecular complexity index is 814. The van der Waals surface area contributed by atoms with E-state index in [1.807, 2.05) is 36.4 Å². The zero-order chi connectivity index (χ0) is 20.4. The minimum Gasteiger partial charge on any atom is -0.491 e. The molecule has 2 aromatic carbocycles. The SMILES string of the molecule is COCCc1ccc(OCC(O)CNCc2ccc(NS(C)(=O)=O)cc2)cc1.Cl. The van der Waals surface area contributed by atoms with Crippen molar-refractivity contribution in [3.05, 3.63) is 59.7 Å². The van der Waals surface area contributed by atoms with E-state index in [0.717, 1.165) is 18.2 Å². The van der Waals surface area contributed by atoms with E-state index in [1.54, 1.807) is 19.2 Å². The van der Waals surface area contributed by atoms with Crippen LogP contribution in [0.2, 0.25) is 0 Å². The highest BCUT2D eigenvalue weighted by atomic mass is 35.5. The smallest absolute Gasteiger partial charge is 0.229 e. The molecular formula is C20H29ClN2O5S. The number of rotatable bonds is 12. The number of anilines is 1. The Morgan fingerprint density at radius 3 is 2.24 bits per heavy atom. The molecule has 0 fully saturated rings. The molecule has 2 rings (SSSR count). The highest BCUT2D eigenvalue weighted by molar-refractivity contribution is 7.92. The highest BCUT2D eigenvalue weighted by Gasteiger charge is 2.06. The van der Waals surface area contributed by atoms with E-state index in [-0.39, 0.29) is 19.0 Å². The summed E-state index contributed by atoms with van der Waals surface area (Å²) in [6, 6.07) is 14.8. The van der Waals surface area contributed by atoms with E-state index in [4.69, 9.17) is 9.47 Å². The second kappa shape index (κ2) is 12.7. The molecule has 0 aliphatic carbocycles. The molecule has 0 radical (unpaired) electrons. The minimum absolute atomic E-state index is 0. The summed E-state index contributed by atoms with van der Waals surface area (Å²) in [6.45, 7) is 1.82. The number of ether oxygens (including phenoxy) is 2. The predicted molar refractivity (Wildman–Crippen MR) is 117 cm³/mol. The van der Waals surface area contributed by atoms with Crippen LogP contribution in [-0.2, 0) is 27.7 Å². The molecular weight excluding hydrogens is 416 g/mol. The van der Waals surface area contributed by atoms with Gasteiger partial charge in [0.15, 0.2) is 0 Å². The Morgan fingerprint density at radius 2 is 1.66 bits per heavy atom. The number of aliphatic hydroxyl groups is 1. The summed E-state index contributed by atoms with van der Waals surface area (Å²) in [5, 5.41) is 13.2. The van der Waals surface area contributed by atoms with Crippen LogP contribution in [0.3, 0.4) is 0 Å². The average molecular weight is 445 g/mol. The van der Waals surface area contributed by atoms with Gasteiger partial charge in [0.1, 0.15) is 18.5 Å². The molecule has 0 aliphatic heterocycles. The van der Waals surface area contributed by atoms with E-state index >= 15 is 0 Å². The predicted octanol–water partition coefficient (Wildman–Crippen LogP) is 2.20. The lowest BCUT2D eigenvalue weighted by Gasteiger charge is -2.14. The van der Waals surface area contributed by atoms with Crippen LogP contribution < -0.4 is 14.8 Å². The van der Waals surface area contributed by atoms with Gasteiger partial charge in [0.25, 0.3) is 0 Å². The number of hydrogen-bond acceptors (Lipinski definition) is 6. The fourth-order valence-electron chi connectivity index (χ4n) is 2.51. The van der Waals surface area contributed by atoms with Crippen LogP contribution >= 0.6 is 12.4 Å². The molecule has 0 bridgehead atoms. The lowest BCUT2D eigenvalue weighted by atomic mass is 10.1. The van der Waals surface area contributed by atoms with Gasteiger partial charge in [0, 0.05) is 25.9 Å². The number of sulfonamides is 1. The van der Waals surface area contributed by atoms with Crippen molar-refractivity contribution in [1.82, 2.24) is 5.32 Å². The van der Waals surface area contributed by atoms with Gasteiger partial charge in [-0.1, -0.05) is 24.3 Å². The summed E-state index contributed by atoms with van der Waals surface area (Å²) in [6.07, 6.45) is 1.33. The number of aliphatic hydroxyl groups excluding tert-OH is 1. The Morgan fingerprint density at radius 1 is 1.03 bits per heavy atom. The van der Waals surface area contributed by atoms with Gasteiger partial charge in [-0.3, -0.25) is 4.72 Å². The number of methoxy groups -OCH3 is 1. The molecule has 3 N–H and O–H groups in total. The third kappa shape index (κ3) is 10.5. The molecule has 0 aliphatic rings. The van der Waals surface area contributed by atoms with Crippen molar-refractivity contribution in [2.45, 2.75) is 19.1 Å². The van der Waals surface area contributed by atoms with E-state index in [2.05, 4.69) is 10.0 Å². The molecule has 7 nitrogen and oxygen atoms in total. The lowest BCUT2D eigenvalue weighted by molar-refractivity contribution is 0.106. The van der Waals surface area contributed by atoms with Gasteiger partial charge in [0.05, 0.1) is 12.9 Å². The topological polar surface area (TPSA) is 96.9 Å². The summed E-state index contributed by atoms with van der Waals surface area (Å²) in [5.74, 6) is 0.717. The number of halogens is 1. The zero-order valence-electron chi connectivity index (χ0n) is 16.6. The molecule has 0 saturated carbocycles. The molecule has 0 amide bonds. The summed E-state index contributed by atoms with van der Waals surface area (Å²) in [7, 11) is -1.59. The normalized spacial score (nSPS) is 12.1. The third-order valence-electron chi connectivity index (χ3n) is 3.93. The summed E-state index contributed by atoms with van der Waals surface area (Å²) in [5.41, 5.74) is 2.68. The zero-order valence-corrected chi connectivity index (χ0v) is 18.3. The molecule has 0 aromatic heterocycles. The summed E-state index contributed by atoms with van der Waals surface area (Å²) in [4.78, 5) is 0. The Hall–Kier alpha value is -1.84. The fraction of sp³-hybridized carbons (Fsp3) is 0.400. The van der Waals surface area contributed by atoms with Gasteiger partial charge >= 0.3 is 0 Å². The van der Waals surface area contributed by atoms with Crippen molar-refractivity contribution in [3.63, 3.8) is 0 Å². The number of hydrogen-bond donors (Lipinski definition) is 3. The van der Waals surface area contributed by atoms with Crippen molar-refractivity contribution in [2.24, 2.45) is 0 Å². The molecule has 0 heterocycles. The molecule has 0 spiro atoms. The van der Waals surface area contributed by atoms with E-state index in [1.165, 1.54) is 5.56 Å². The first kappa shape index (κ1) is 25.2. The van der Waals surface area contributed by atoms with E-state index in [0.29, 0.717) is 31.1 Å². The van der Waals surface area contributed by atoms with Gasteiger partial charge < -0.3 is 19.9 Å². The monoisotopic (exact) mass is 444 g/mol. The van der Waals surface area contributed by atoms with Gasteiger partial charge in [0.2, 0.25) is 10.0 Å². The maximum atomic E-state index is 11.2. The van der Waals surface area contributed by atoms with Gasteiger partial charge in [-0.2, -0.15) is 0 Å². The molecule has 9 heteroatoms. The van der Waals surface area contributed by atoms with Crippen LogP contribution in [-0.4, -0.2) is 52.8 Å². The second-order valence-corrected chi connectivity index (χ2v) is 8.30. The first-order valence-corrected chi connectivity index (χ1v) is 10.9. The van der Waals surface area contributed by atoms with Crippen molar-refractivity contribution >= 4 is 28.1 Å². The van der Waals surface area contributed by atoms with Crippen LogP contribution in [0.5, 0.6) is 5.75 Å². The van der Waals surface area contributed by atoms with Crippen molar-refractivity contribution in [2.75, 3.05) is 37.8 Å². The van der Waals surface area contributed by atoms with E-state index < -0.39 is 16.1 Å². The fourth-order valence-corrected chi connectivity index (χ4v) is 3.08.